The summed E-state index contributed by atoms with van der Waals surface area (Å²) in [6.45, 7) is 2.47. The maximum absolute atomic E-state index is 12.2. The van der Waals surface area contributed by atoms with E-state index in [-0.39, 0.29) is 5.91 Å². The highest BCUT2D eigenvalue weighted by Gasteiger charge is 2.13. The normalized spacial score (nSPS) is 10.2. The van der Waals surface area contributed by atoms with E-state index < -0.39 is 0 Å². The van der Waals surface area contributed by atoms with Crippen LogP contribution in [0.5, 0.6) is 17.2 Å². The number of aryl methyl sites for hydroxylation is 1. The molecule has 2 aromatic rings. The molecule has 5 nitrogen and oxygen atoms in total. The summed E-state index contributed by atoms with van der Waals surface area (Å²) in [6, 6.07) is 11.1. The van der Waals surface area contributed by atoms with Gasteiger partial charge in [0.05, 0.1) is 21.3 Å². The summed E-state index contributed by atoms with van der Waals surface area (Å²) in [7, 11) is 4.79. The highest BCUT2D eigenvalue weighted by atomic mass is 16.5. The van der Waals surface area contributed by atoms with Crippen molar-refractivity contribution in [3.63, 3.8) is 0 Å². The first-order valence-corrected chi connectivity index (χ1v) is 7.72. The quantitative estimate of drug-likeness (QED) is 0.848. The maximum atomic E-state index is 12.2. The Labute approximate surface area is 142 Å². The van der Waals surface area contributed by atoms with E-state index in [1.807, 2.05) is 31.2 Å². The molecule has 5 heteroatoms. The van der Waals surface area contributed by atoms with Gasteiger partial charge >= 0.3 is 0 Å². The van der Waals surface area contributed by atoms with Gasteiger partial charge in [0.25, 0.3) is 5.91 Å². The Hall–Kier alpha value is -2.69. The molecular formula is C19H23NO4. The van der Waals surface area contributed by atoms with E-state index in [1.165, 1.54) is 0 Å². The second-order valence-electron chi connectivity index (χ2n) is 5.38. The van der Waals surface area contributed by atoms with Gasteiger partial charge in [-0.3, -0.25) is 4.79 Å². The number of hydrogen-bond acceptors (Lipinski definition) is 4. The van der Waals surface area contributed by atoms with Crippen LogP contribution in [0.15, 0.2) is 36.4 Å². The fraction of sp³-hybridized carbons (Fsp3) is 0.316. The van der Waals surface area contributed by atoms with Crippen molar-refractivity contribution in [2.75, 3.05) is 27.9 Å². The molecule has 0 heterocycles. The molecule has 0 saturated heterocycles. The van der Waals surface area contributed by atoms with Crippen molar-refractivity contribution in [1.82, 2.24) is 5.32 Å². The van der Waals surface area contributed by atoms with E-state index in [2.05, 4.69) is 5.32 Å². The minimum atomic E-state index is -0.0959. The van der Waals surface area contributed by atoms with Gasteiger partial charge in [-0.2, -0.15) is 0 Å². The van der Waals surface area contributed by atoms with Crippen LogP contribution in [-0.4, -0.2) is 33.8 Å². The fourth-order valence-electron chi connectivity index (χ4n) is 2.43. The lowest BCUT2D eigenvalue weighted by atomic mass is 10.1. The predicted octanol–water partition coefficient (Wildman–Crippen LogP) is 2.99. The smallest absolute Gasteiger partial charge is 0.251 e. The van der Waals surface area contributed by atoms with Crippen LogP contribution in [0, 0.1) is 6.92 Å². The first-order valence-electron chi connectivity index (χ1n) is 7.72. The van der Waals surface area contributed by atoms with Gasteiger partial charge in [-0.25, -0.2) is 0 Å². The molecule has 0 spiro atoms. The number of hydrogen-bond donors (Lipinski definition) is 1. The molecule has 0 aromatic heterocycles. The van der Waals surface area contributed by atoms with Gasteiger partial charge in [0, 0.05) is 29.8 Å². The second kappa shape index (κ2) is 8.24. The third-order valence-corrected chi connectivity index (χ3v) is 3.79. The molecule has 1 amide bonds. The molecule has 0 bridgehead atoms. The van der Waals surface area contributed by atoms with Crippen molar-refractivity contribution < 1.29 is 19.0 Å². The Morgan fingerprint density at radius 2 is 1.54 bits per heavy atom. The molecule has 0 atom stereocenters. The molecule has 0 aliphatic carbocycles. The summed E-state index contributed by atoms with van der Waals surface area (Å²) >= 11 is 0. The number of rotatable bonds is 7. The van der Waals surface area contributed by atoms with Crippen LogP contribution in [-0.2, 0) is 6.42 Å². The number of carbonyl (C=O) groups is 1. The zero-order valence-corrected chi connectivity index (χ0v) is 14.5. The number of methoxy groups -OCH3 is 3. The predicted molar refractivity (Wildman–Crippen MR) is 93.3 cm³/mol. The van der Waals surface area contributed by atoms with Gasteiger partial charge in [-0.1, -0.05) is 17.7 Å². The lowest BCUT2D eigenvalue weighted by molar-refractivity contribution is 0.0954. The van der Waals surface area contributed by atoms with E-state index in [4.69, 9.17) is 14.2 Å². The average Bonchev–Trinajstić information content (AvgIpc) is 2.61. The Morgan fingerprint density at radius 3 is 2.04 bits per heavy atom. The Balaban J connectivity index is 2.06. The monoisotopic (exact) mass is 329 g/mol. The molecule has 2 rings (SSSR count). The minimum Gasteiger partial charge on any atom is -0.496 e. The van der Waals surface area contributed by atoms with Crippen molar-refractivity contribution in [3.8, 4) is 17.2 Å². The molecular weight excluding hydrogens is 306 g/mol. The zero-order chi connectivity index (χ0) is 17.5. The standard InChI is InChI=1S/C19H23NO4/c1-13-5-7-14(8-6-13)19(21)20-10-9-16-17(23-3)11-15(22-2)12-18(16)24-4/h5-8,11-12H,9-10H2,1-4H3,(H,20,21). The van der Waals surface area contributed by atoms with Crippen molar-refractivity contribution in [2.45, 2.75) is 13.3 Å². The van der Waals surface area contributed by atoms with Crippen LogP contribution in [0.1, 0.15) is 21.5 Å². The first kappa shape index (κ1) is 17.7. The van der Waals surface area contributed by atoms with Crippen molar-refractivity contribution in [1.29, 1.82) is 0 Å². The Bertz CT molecular complexity index is 670. The lowest BCUT2D eigenvalue weighted by Crippen LogP contribution is -2.25. The molecule has 0 radical (unpaired) electrons. The number of amides is 1. The zero-order valence-electron chi connectivity index (χ0n) is 14.5. The Morgan fingerprint density at radius 1 is 0.958 bits per heavy atom. The van der Waals surface area contributed by atoms with Crippen LogP contribution in [0.25, 0.3) is 0 Å². The minimum absolute atomic E-state index is 0.0959. The van der Waals surface area contributed by atoms with Gasteiger partial charge in [0.2, 0.25) is 0 Å². The molecule has 128 valence electrons. The van der Waals surface area contributed by atoms with Crippen molar-refractivity contribution in [3.05, 3.63) is 53.1 Å². The molecule has 2 aromatic carbocycles. The second-order valence-corrected chi connectivity index (χ2v) is 5.38. The molecule has 0 aliphatic rings. The van der Waals surface area contributed by atoms with E-state index in [0.29, 0.717) is 35.8 Å². The highest BCUT2D eigenvalue weighted by molar-refractivity contribution is 5.94. The highest BCUT2D eigenvalue weighted by Crippen LogP contribution is 2.34. The van der Waals surface area contributed by atoms with Gasteiger partial charge in [-0.05, 0) is 25.5 Å². The van der Waals surface area contributed by atoms with Crippen LogP contribution in [0.4, 0.5) is 0 Å². The third kappa shape index (κ3) is 4.19. The number of benzene rings is 2. The molecule has 0 saturated carbocycles. The molecule has 0 fully saturated rings. The van der Waals surface area contributed by atoms with Gasteiger partial charge in [0.1, 0.15) is 17.2 Å². The van der Waals surface area contributed by atoms with Gasteiger partial charge in [-0.15, -0.1) is 0 Å². The fourth-order valence-corrected chi connectivity index (χ4v) is 2.43. The van der Waals surface area contributed by atoms with Crippen LogP contribution in [0.3, 0.4) is 0 Å². The summed E-state index contributed by atoms with van der Waals surface area (Å²) in [5.74, 6) is 1.92. The number of carbonyl (C=O) groups excluding carboxylic acids is 1. The maximum Gasteiger partial charge on any atom is 0.251 e. The van der Waals surface area contributed by atoms with Crippen LogP contribution >= 0.6 is 0 Å². The van der Waals surface area contributed by atoms with Crippen LogP contribution < -0.4 is 19.5 Å². The van der Waals surface area contributed by atoms with E-state index >= 15 is 0 Å². The SMILES string of the molecule is COc1cc(OC)c(CCNC(=O)c2ccc(C)cc2)c(OC)c1. The number of nitrogens with one attached hydrogen (secondary N) is 1. The van der Waals surface area contributed by atoms with Crippen molar-refractivity contribution in [2.24, 2.45) is 0 Å². The third-order valence-electron chi connectivity index (χ3n) is 3.79. The van der Waals surface area contributed by atoms with Gasteiger partial charge < -0.3 is 19.5 Å². The van der Waals surface area contributed by atoms with Crippen LogP contribution in [0.2, 0.25) is 0 Å². The molecule has 0 aliphatic heterocycles. The summed E-state index contributed by atoms with van der Waals surface area (Å²) in [4.78, 5) is 12.2. The lowest BCUT2D eigenvalue weighted by Gasteiger charge is -2.15. The largest absolute Gasteiger partial charge is 0.496 e. The molecule has 0 unspecified atom stereocenters. The summed E-state index contributed by atoms with van der Waals surface area (Å²) < 4.78 is 16.1. The van der Waals surface area contributed by atoms with E-state index in [0.717, 1.165) is 11.1 Å². The van der Waals surface area contributed by atoms with Gasteiger partial charge in [0.15, 0.2) is 0 Å². The molecule has 24 heavy (non-hydrogen) atoms. The van der Waals surface area contributed by atoms with E-state index in [9.17, 15) is 4.79 Å². The average molecular weight is 329 g/mol. The Kier molecular flexibility index (Phi) is 6.07. The number of ether oxygens (including phenoxy) is 3. The summed E-state index contributed by atoms with van der Waals surface area (Å²) in [6.07, 6.45) is 0.591. The van der Waals surface area contributed by atoms with Crippen molar-refractivity contribution >= 4 is 5.91 Å². The topological polar surface area (TPSA) is 56.8 Å². The molecule has 1 N–H and O–H groups in total. The summed E-state index contributed by atoms with van der Waals surface area (Å²) in [5, 5.41) is 2.92. The first-order chi connectivity index (χ1) is 11.6. The van der Waals surface area contributed by atoms with E-state index in [1.54, 1.807) is 33.5 Å². The summed E-state index contributed by atoms with van der Waals surface area (Å²) in [5.41, 5.74) is 2.67.